The Bertz CT molecular complexity index is 935. The summed E-state index contributed by atoms with van der Waals surface area (Å²) in [6, 6.07) is 13.9. The number of amides is 1. The molecule has 0 aliphatic rings. The quantitative estimate of drug-likeness (QED) is 0.494. The van der Waals surface area contributed by atoms with Crippen molar-refractivity contribution in [3.05, 3.63) is 74.9 Å². The number of rotatable bonds is 4. The summed E-state index contributed by atoms with van der Waals surface area (Å²) in [5, 5.41) is 12.1. The summed E-state index contributed by atoms with van der Waals surface area (Å²) in [6.45, 7) is 0. The maximum absolute atomic E-state index is 12.1. The number of carbonyl (C=O) groups excluding carboxylic acids is 1. The first kappa shape index (κ1) is 17.5. The van der Waals surface area contributed by atoms with E-state index in [1.54, 1.807) is 36.4 Å². The van der Waals surface area contributed by atoms with Crippen LogP contribution in [0.2, 0.25) is 15.1 Å². The molecule has 8 heteroatoms. The van der Waals surface area contributed by atoms with E-state index in [1.807, 2.05) is 12.1 Å². The number of nitrogens with one attached hydrogen (secondary N) is 2. The third-order valence-corrected chi connectivity index (χ3v) is 4.40. The molecule has 2 aromatic carbocycles. The van der Waals surface area contributed by atoms with Gasteiger partial charge in [0.25, 0.3) is 5.91 Å². The Morgan fingerprint density at radius 1 is 1.12 bits per heavy atom. The number of hydrogen-bond acceptors (Lipinski definition) is 3. The number of hydrazone groups is 1. The maximum atomic E-state index is 12.1. The highest BCUT2D eigenvalue weighted by Gasteiger charge is 2.10. The number of hydrogen-bond donors (Lipinski definition) is 2. The lowest BCUT2D eigenvalue weighted by Gasteiger charge is -2.00. The molecule has 0 aliphatic carbocycles. The van der Waals surface area contributed by atoms with E-state index in [9.17, 15) is 4.79 Å². The molecule has 0 saturated carbocycles. The average Bonchev–Trinajstić information content (AvgIpc) is 3.09. The van der Waals surface area contributed by atoms with Gasteiger partial charge in [-0.15, -0.1) is 0 Å². The molecule has 0 aliphatic heterocycles. The zero-order chi connectivity index (χ0) is 17.8. The van der Waals surface area contributed by atoms with E-state index in [0.717, 1.165) is 5.56 Å². The predicted octanol–water partition coefficient (Wildman–Crippen LogP) is 4.80. The number of H-pyrrole nitrogens is 1. The monoisotopic (exact) mass is 392 g/mol. The van der Waals surface area contributed by atoms with Gasteiger partial charge in [-0.05, 0) is 24.3 Å². The van der Waals surface area contributed by atoms with Crippen LogP contribution in [0.5, 0.6) is 0 Å². The van der Waals surface area contributed by atoms with Crippen LogP contribution in [0.25, 0.3) is 11.3 Å². The Hall–Kier alpha value is -2.34. The first-order valence-electron chi connectivity index (χ1n) is 7.13. The van der Waals surface area contributed by atoms with E-state index in [1.165, 1.54) is 6.21 Å². The van der Waals surface area contributed by atoms with Gasteiger partial charge in [0.1, 0.15) is 5.69 Å². The molecule has 3 aromatic rings. The van der Waals surface area contributed by atoms with Crippen LogP contribution in [0, 0.1) is 0 Å². The standard InChI is InChI=1S/C17H11Cl3N4O/c18-12-6-4-10(5-7-12)14-8-15(23-22-14)17(25)24-21-9-11-2-1-3-13(19)16(11)20/h1-9H,(H,22,23)(H,24,25)/b21-9-. The lowest BCUT2D eigenvalue weighted by Crippen LogP contribution is -2.18. The van der Waals surface area contributed by atoms with Crippen LogP contribution in [0.1, 0.15) is 16.1 Å². The second kappa shape index (κ2) is 7.70. The number of benzene rings is 2. The number of aromatic amines is 1. The molecule has 0 bridgehead atoms. The zero-order valence-corrected chi connectivity index (χ0v) is 14.9. The fourth-order valence-electron chi connectivity index (χ4n) is 2.05. The molecule has 0 atom stereocenters. The van der Waals surface area contributed by atoms with E-state index in [4.69, 9.17) is 34.8 Å². The number of halogens is 3. The van der Waals surface area contributed by atoms with Crippen LogP contribution in [0.15, 0.2) is 53.6 Å². The van der Waals surface area contributed by atoms with Gasteiger partial charge < -0.3 is 0 Å². The first-order chi connectivity index (χ1) is 12.0. The van der Waals surface area contributed by atoms with Crippen LogP contribution < -0.4 is 5.43 Å². The molecule has 0 unspecified atom stereocenters. The fraction of sp³-hybridized carbons (Fsp3) is 0. The van der Waals surface area contributed by atoms with E-state index in [2.05, 4.69) is 20.7 Å². The minimum absolute atomic E-state index is 0.277. The van der Waals surface area contributed by atoms with Gasteiger partial charge in [-0.3, -0.25) is 9.89 Å². The molecule has 0 radical (unpaired) electrons. The molecular weight excluding hydrogens is 383 g/mol. The zero-order valence-electron chi connectivity index (χ0n) is 12.6. The van der Waals surface area contributed by atoms with Gasteiger partial charge in [0.15, 0.2) is 0 Å². The Kier molecular flexibility index (Phi) is 5.38. The Morgan fingerprint density at radius 2 is 1.88 bits per heavy atom. The van der Waals surface area contributed by atoms with Crippen LogP contribution in [-0.4, -0.2) is 22.3 Å². The van der Waals surface area contributed by atoms with Crippen molar-refractivity contribution in [1.82, 2.24) is 15.6 Å². The van der Waals surface area contributed by atoms with Crippen LogP contribution in [0.4, 0.5) is 0 Å². The molecule has 3 rings (SSSR count). The largest absolute Gasteiger partial charge is 0.289 e. The first-order valence-corrected chi connectivity index (χ1v) is 8.27. The highest BCUT2D eigenvalue weighted by atomic mass is 35.5. The second-order valence-corrected chi connectivity index (χ2v) is 6.24. The molecule has 126 valence electrons. The molecule has 0 saturated heterocycles. The summed E-state index contributed by atoms with van der Waals surface area (Å²) in [5.41, 5.74) is 4.75. The van der Waals surface area contributed by atoms with E-state index >= 15 is 0 Å². The summed E-state index contributed by atoms with van der Waals surface area (Å²) >= 11 is 17.8. The maximum Gasteiger partial charge on any atom is 0.289 e. The van der Waals surface area contributed by atoms with Crippen LogP contribution >= 0.6 is 34.8 Å². The van der Waals surface area contributed by atoms with Crippen LogP contribution in [-0.2, 0) is 0 Å². The van der Waals surface area contributed by atoms with Crippen molar-refractivity contribution in [3.8, 4) is 11.3 Å². The van der Waals surface area contributed by atoms with Crippen molar-refractivity contribution in [2.75, 3.05) is 0 Å². The molecule has 25 heavy (non-hydrogen) atoms. The van der Waals surface area contributed by atoms with E-state index in [-0.39, 0.29) is 5.69 Å². The highest BCUT2D eigenvalue weighted by Crippen LogP contribution is 2.24. The van der Waals surface area contributed by atoms with Crippen molar-refractivity contribution < 1.29 is 4.79 Å². The van der Waals surface area contributed by atoms with Gasteiger partial charge in [0.2, 0.25) is 0 Å². The normalized spacial score (nSPS) is 11.0. The van der Waals surface area contributed by atoms with Gasteiger partial charge in [-0.2, -0.15) is 10.2 Å². The second-order valence-electron chi connectivity index (χ2n) is 5.02. The fourth-order valence-corrected chi connectivity index (χ4v) is 2.53. The number of nitrogens with zero attached hydrogens (tertiary/aromatic N) is 2. The van der Waals surface area contributed by atoms with Crippen molar-refractivity contribution in [2.24, 2.45) is 5.10 Å². The van der Waals surface area contributed by atoms with Gasteiger partial charge in [0.05, 0.1) is 22.0 Å². The third kappa shape index (κ3) is 4.20. The molecular formula is C17H11Cl3N4O. The summed E-state index contributed by atoms with van der Waals surface area (Å²) in [4.78, 5) is 12.1. The molecule has 0 fully saturated rings. The van der Waals surface area contributed by atoms with E-state index in [0.29, 0.717) is 26.3 Å². The Labute approximate surface area is 158 Å². The topological polar surface area (TPSA) is 70.1 Å². The van der Waals surface area contributed by atoms with Crippen molar-refractivity contribution in [2.45, 2.75) is 0 Å². The van der Waals surface area contributed by atoms with Gasteiger partial charge in [0, 0.05) is 16.1 Å². The number of aromatic nitrogens is 2. The molecule has 5 nitrogen and oxygen atoms in total. The van der Waals surface area contributed by atoms with Gasteiger partial charge >= 0.3 is 0 Å². The van der Waals surface area contributed by atoms with Crippen molar-refractivity contribution >= 4 is 46.9 Å². The van der Waals surface area contributed by atoms with Crippen LogP contribution in [0.3, 0.4) is 0 Å². The lowest BCUT2D eigenvalue weighted by atomic mass is 10.1. The van der Waals surface area contributed by atoms with Gasteiger partial charge in [-0.25, -0.2) is 5.43 Å². The van der Waals surface area contributed by atoms with Crippen molar-refractivity contribution in [1.29, 1.82) is 0 Å². The minimum atomic E-state index is -0.429. The van der Waals surface area contributed by atoms with E-state index < -0.39 is 5.91 Å². The Balaban J connectivity index is 1.69. The SMILES string of the molecule is O=C(N/N=C\c1cccc(Cl)c1Cl)c1cc(-c2ccc(Cl)cc2)n[nH]1. The summed E-state index contributed by atoms with van der Waals surface area (Å²) in [5.74, 6) is -0.429. The minimum Gasteiger partial charge on any atom is -0.272 e. The highest BCUT2D eigenvalue weighted by molar-refractivity contribution is 6.43. The molecule has 1 amide bonds. The van der Waals surface area contributed by atoms with Gasteiger partial charge in [-0.1, -0.05) is 59.1 Å². The molecule has 0 spiro atoms. The summed E-state index contributed by atoms with van der Waals surface area (Å²) < 4.78 is 0. The van der Waals surface area contributed by atoms with Crippen molar-refractivity contribution in [3.63, 3.8) is 0 Å². The molecule has 2 N–H and O–H groups in total. The molecule has 1 heterocycles. The Morgan fingerprint density at radius 3 is 2.64 bits per heavy atom. The summed E-state index contributed by atoms with van der Waals surface area (Å²) in [6.07, 6.45) is 1.42. The average molecular weight is 394 g/mol. The third-order valence-electron chi connectivity index (χ3n) is 3.31. The predicted molar refractivity (Wildman–Crippen MR) is 101 cm³/mol. The lowest BCUT2D eigenvalue weighted by molar-refractivity contribution is 0.0950. The summed E-state index contributed by atoms with van der Waals surface area (Å²) in [7, 11) is 0. The molecule has 1 aromatic heterocycles. The smallest absolute Gasteiger partial charge is 0.272 e. The number of carbonyl (C=O) groups is 1.